The van der Waals surface area contributed by atoms with Crippen LogP contribution in [0.2, 0.25) is 0 Å². The van der Waals surface area contributed by atoms with Gasteiger partial charge in [0.05, 0.1) is 0 Å². The minimum Gasteiger partial charge on any atom is -0.477 e. The highest BCUT2D eigenvalue weighted by Crippen LogP contribution is 2.45. The summed E-state index contributed by atoms with van der Waals surface area (Å²) in [7, 11) is -3.65. The summed E-state index contributed by atoms with van der Waals surface area (Å²) in [6.07, 6.45) is 2.16. The van der Waals surface area contributed by atoms with Gasteiger partial charge in [0.1, 0.15) is 10.6 Å². The number of sulfonamides is 1. The van der Waals surface area contributed by atoms with Crippen molar-refractivity contribution >= 4 is 16.0 Å². The Labute approximate surface area is 112 Å². The molecule has 0 aliphatic heterocycles. The normalized spacial score (nSPS) is 21.3. The van der Waals surface area contributed by atoms with Gasteiger partial charge in [0, 0.05) is 18.8 Å². The highest BCUT2D eigenvalue weighted by molar-refractivity contribution is 7.89. The molecule has 0 bridgehead atoms. The quantitative estimate of drug-likeness (QED) is 0.853. The number of hydrogen-bond acceptors (Lipinski definition) is 3. The third-order valence-electron chi connectivity index (χ3n) is 3.55. The van der Waals surface area contributed by atoms with Crippen molar-refractivity contribution in [3.8, 4) is 0 Å². The van der Waals surface area contributed by atoms with Gasteiger partial charge in [-0.2, -0.15) is 0 Å². The van der Waals surface area contributed by atoms with Crippen LogP contribution in [-0.2, 0) is 16.6 Å². The molecule has 0 amide bonds. The van der Waals surface area contributed by atoms with Crippen molar-refractivity contribution in [2.45, 2.75) is 44.7 Å². The zero-order chi connectivity index (χ0) is 14.4. The van der Waals surface area contributed by atoms with E-state index < -0.39 is 16.0 Å². The van der Waals surface area contributed by atoms with Gasteiger partial charge < -0.3 is 9.67 Å². The fourth-order valence-corrected chi connectivity index (χ4v) is 3.44. The van der Waals surface area contributed by atoms with E-state index in [-0.39, 0.29) is 22.0 Å². The van der Waals surface area contributed by atoms with Crippen LogP contribution in [0.5, 0.6) is 0 Å². The van der Waals surface area contributed by atoms with Crippen LogP contribution < -0.4 is 4.72 Å². The third kappa shape index (κ3) is 2.66. The number of aromatic carboxylic acids is 1. The Morgan fingerprint density at radius 1 is 1.58 bits per heavy atom. The molecule has 1 aliphatic carbocycles. The number of carboxylic acids is 1. The maximum absolute atomic E-state index is 12.2. The molecule has 106 valence electrons. The van der Waals surface area contributed by atoms with E-state index in [4.69, 9.17) is 5.11 Å². The van der Waals surface area contributed by atoms with Crippen molar-refractivity contribution in [2.24, 2.45) is 5.41 Å². The molecular weight excluding hydrogens is 268 g/mol. The summed E-state index contributed by atoms with van der Waals surface area (Å²) in [5.74, 6) is -1.13. The van der Waals surface area contributed by atoms with E-state index in [9.17, 15) is 13.2 Å². The first-order chi connectivity index (χ1) is 8.67. The largest absolute Gasteiger partial charge is 0.477 e. The average Bonchev–Trinajstić information content (AvgIpc) is 2.76. The van der Waals surface area contributed by atoms with Gasteiger partial charge >= 0.3 is 5.97 Å². The number of nitrogens with zero attached hydrogens (tertiary/aromatic N) is 1. The lowest BCUT2D eigenvalue weighted by Crippen LogP contribution is -2.28. The van der Waals surface area contributed by atoms with E-state index in [2.05, 4.69) is 4.72 Å². The first-order valence-electron chi connectivity index (χ1n) is 6.13. The van der Waals surface area contributed by atoms with Crippen molar-refractivity contribution < 1.29 is 18.3 Å². The zero-order valence-electron chi connectivity index (χ0n) is 11.2. The molecule has 0 radical (unpaired) electrons. The highest BCUT2D eigenvalue weighted by atomic mass is 32.2. The Morgan fingerprint density at radius 3 is 2.53 bits per heavy atom. The number of rotatable bonds is 5. The lowest BCUT2D eigenvalue weighted by molar-refractivity contribution is 0.0685. The average molecular weight is 286 g/mol. The summed E-state index contributed by atoms with van der Waals surface area (Å²) in [4.78, 5) is 11.0. The maximum Gasteiger partial charge on any atom is 0.352 e. The standard InChI is InChI=1S/C12H18N2O4S/c1-4-14-7-8(5-9(14)11(15)16)19(17,18)13-10-6-12(10,2)3/h5,7,10,13H,4,6H2,1-3H3,(H,15,16). The first-order valence-corrected chi connectivity index (χ1v) is 7.61. The molecule has 1 unspecified atom stereocenters. The van der Waals surface area contributed by atoms with Crippen molar-refractivity contribution in [1.29, 1.82) is 0 Å². The molecule has 0 saturated heterocycles. The van der Waals surface area contributed by atoms with Crippen LogP contribution in [0.3, 0.4) is 0 Å². The Morgan fingerprint density at radius 2 is 2.16 bits per heavy atom. The van der Waals surface area contributed by atoms with Crippen LogP contribution in [0.1, 0.15) is 37.7 Å². The van der Waals surface area contributed by atoms with E-state index >= 15 is 0 Å². The molecule has 1 atom stereocenters. The molecule has 1 aliphatic rings. The SMILES string of the molecule is CCn1cc(S(=O)(=O)NC2CC2(C)C)cc1C(=O)O. The number of carbonyl (C=O) groups is 1. The Balaban J connectivity index is 2.28. The molecule has 1 aromatic rings. The first kappa shape index (κ1) is 14.1. The minimum atomic E-state index is -3.65. The lowest BCUT2D eigenvalue weighted by atomic mass is 10.2. The van der Waals surface area contributed by atoms with Crippen LogP contribution in [-0.4, -0.2) is 30.1 Å². The minimum absolute atomic E-state index is 0.00875. The molecule has 1 aromatic heterocycles. The van der Waals surface area contributed by atoms with E-state index in [0.717, 1.165) is 6.42 Å². The molecule has 0 aromatic carbocycles. The van der Waals surface area contributed by atoms with Crippen LogP contribution in [0.25, 0.3) is 0 Å². The van der Waals surface area contributed by atoms with Gasteiger partial charge in [0.15, 0.2) is 0 Å². The Kier molecular flexibility index (Phi) is 3.22. The zero-order valence-corrected chi connectivity index (χ0v) is 12.0. The van der Waals surface area contributed by atoms with Gasteiger partial charge in [-0.25, -0.2) is 17.9 Å². The molecule has 2 rings (SSSR count). The van der Waals surface area contributed by atoms with Gasteiger partial charge in [-0.15, -0.1) is 0 Å². The fraction of sp³-hybridized carbons (Fsp3) is 0.583. The third-order valence-corrected chi connectivity index (χ3v) is 4.99. The van der Waals surface area contributed by atoms with Crippen molar-refractivity contribution in [2.75, 3.05) is 0 Å². The Hall–Kier alpha value is -1.34. The molecule has 19 heavy (non-hydrogen) atoms. The van der Waals surface area contributed by atoms with Crippen molar-refractivity contribution in [3.63, 3.8) is 0 Å². The van der Waals surface area contributed by atoms with Gasteiger partial charge in [0.25, 0.3) is 0 Å². The second kappa shape index (κ2) is 4.35. The van der Waals surface area contributed by atoms with E-state index in [1.807, 2.05) is 13.8 Å². The van der Waals surface area contributed by atoms with Gasteiger partial charge in [-0.1, -0.05) is 13.8 Å². The molecular formula is C12H18N2O4S. The summed E-state index contributed by atoms with van der Waals surface area (Å²) in [6, 6.07) is 1.12. The fourth-order valence-electron chi connectivity index (χ4n) is 1.99. The Bertz CT molecular complexity index is 616. The summed E-state index contributed by atoms with van der Waals surface area (Å²) in [5.41, 5.74) is -0.0336. The number of nitrogens with one attached hydrogen (secondary N) is 1. The summed E-state index contributed by atoms with van der Waals surface area (Å²) in [6.45, 7) is 6.15. The number of hydrogen-bond donors (Lipinski definition) is 2. The lowest BCUT2D eigenvalue weighted by Gasteiger charge is -2.06. The summed E-state index contributed by atoms with van der Waals surface area (Å²) >= 11 is 0. The second-order valence-corrected chi connectivity index (χ2v) is 7.23. The van der Waals surface area contributed by atoms with E-state index in [1.165, 1.54) is 16.8 Å². The predicted molar refractivity (Wildman–Crippen MR) is 69.6 cm³/mol. The number of carboxylic acid groups (broad SMARTS) is 1. The van der Waals surface area contributed by atoms with E-state index in [0.29, 0.717) is 6.54 Å². The molecule has 2 N–H and O–H groups in total. The number of aromatic nitrogens is 1. The van der Waals surface area contributed by atoms with E-state index in [1.54, 1.807) is 6.92 Å². The smallest absolute Gasteiger partial charge is 0.352 e. The number of aryl methyl sites for hydroxylation is 1. The molecule has 1 saturated carbocycles. The van der Waals surface area contributed by atoms with Crippen LogP contribution in [0.15, 0.2) is 17.2 Å². The predicted octanol–water partition coefficient (Wildman–Crippen LogP) is 1.28. The molecule has 6 nitrogen and oxygen atoms in total. The van der Waals surface area contributed by atoms with Gasteiger partial charge in [-0.05, 0) is 24.8 Å². The topological polar surface area (TPSA) is 88.4 Å². The van der Waals surface area contributed by atoms with Crippen molar-refractivity contribution in [3.05, 3.63) is 18.0 Å². The maximum atomic E-state index is 12.2. The van der Waals surface area contributed by atoms with Gasteiger partial charge in [0.2, 0.25) is 10.0 Å². The van der Waals surface area contributed by atoms with Crippen LogP contribution >= 0.6 is 0 Å². The molecule has 1 fully saturated rings. The van der Waals surface area contributed by atoms with Crippen LogP contribution in [0.4, 0.5) is 0 Å². The highest BCUT2D eigenvalue weighted by Gasteiger charge is 2.48. The van der Waals surface area contributed by atoms with Crippen molar-refractivity contribution in [1.82, 2.24) is 9.29 Å². The molecule has 1 heterocycles. The van der Waals surface area contributed by atoms with Gasteiger partial charge in [-0.3, -0.25) is 0 Å². The molecule has 7 heteroatoms. The summed E-state index contributed by atoms with van der Waals surface area (Å²) in [5, 5.41) is 9.02. The summed E-state index contributed by atoms with van der Waals surface area (Å²) < 4.78 is 28.3. The molecule has 0 spiro atoms. The second-order valence-electron chi connectivity index (χ2n) is 5.52. The van der Waals surface area contributed by atoms with Crippen LogP contribution in [0, 0.1) is 5.41 Å². The monoisotopic (exact) mass is 286 g/mol.